The Labute approximate surface area is 127 Å². The third kappa shape index (κ3) is 5.57. The van der Waals surface area contributed by atoms with Crippen LogP contribution in [0.5, 0.6) is 0 Å². The molecule has 0 aliphatic heterocycles. The maximum atomic E-state index is 11.6. The summed E-state index contributed by atoms with van der Waals surface area (Å²) in [7, 11) is 0. The van der Waals surface area contributed by atoms with Crippen molar-refractivity contribution in [3.63, 3.8) is 0 Å². The minimum absolute atomic E-state index is 0.0409. The molecular formula is C11H14BrN3O4S. The van der Waals surface area contributed by atoms with Gasteiger partial charge in [0.2, 0.25) is 5.91 Å². The van der Waals surface area contributed by atoms with E-state index in [1.54, 1.807) is 0 Å². The Morgan fingerprint density at radius 3 is 2.65 bits per heavy atom. The van der Waals surface area contributed by atoms with Gasteiger partial charge in [0.05, 0.1) is 6.54 Å². The van der Waals surface area contributed by atoms with Crippen molar-refractivity contribution in [1.29, 1.82) is 0 Å². The number of carbonyl (C=O) groups is 3. The number of nitrogens with two attached hydrogens (primary N) is 1. The second kappa shape index (κ2) is 7.85. The minimum atomic E-state index is -1.21. The molecule has 0 saturated heterocycles. The SMILES string of the molecule is NC(=O)CC[C@@H](NC(=O)NCc1sccc1Br)C(=O)O. The van der Waals surface area contributed by atoms with Crippen molar-refractivity contribution in [3.8, 4) is 0 Å². The first-order chi connectivity index (χ1) is 9.40. The first kappa shape index (κ1) is 16.4. The number of hydrogen-bond acceptors (Lipinski definition) is 4. The molecule has 7 nitrogen and oxygen atoms in total. The molecule has 20 heavy (non-hydrogen) atoms. The van der Waals surface area contributed by atoms with Gasteiger partial charge in [-0.05, 0) is 33.8 Å². The van der Waals surface area contributed by atoms with Gasteiger partial charge in [-0.3, -0.25) is 4.79 Å². The maximum absolute atomic E-state index is 11.6. The monoisotopic (exact) mass is 363 g/mol. The molecule has 0 aromatic carbocycles. The Bertz CT molecular complexity index is 506. The van der Waals surface area contributed by atoms with Gasteiger partial charge in [-0.1, -0.05) is 0 Å². The van der Waals surface area contributed by atoms with Crippen LogP contribution in [0.15, 0.2) is 15.9 Å². The standard InChI is InChI=1S/C11H14BrN3O4S/c12-6-3-4-20-8(6)5-14-11(19)15-7(10(17)18)1-2-9(13)16/h3-4,7H,1-2,5H2,(H2,13,16)(H,17,18)(H2,14,15,19)/t7-/m1/s1. The molecule has 0 aliphatic rings. The molecule has 0 spiro atoms. The highest BCUT2D eigenvalue weighted by Crippen LogP contribution is 2.21. The van der Waals surface area contributed by atoms with Gasteiger partial charge in [0.1, 0.15) is 6.04 Å². The van der Waals surface area contributed by atoms with Crippen molar-refractivity contribution in [2.75, 3.05) is 0 Å². The number of rotatable bonds is 7. The average molecular weight is 364 g/mol. The largest absolute Gasteiger partial charge is 0.480 e. The first-order valence-corrected chi connectivity index (χ1v) is 7.34. The highest BCUT2D eigenvalue weighted by molar-refractivity contribution is 9.10. The zero-order chi connectivity index (χ0) is 15.1. The van der Waals surface area contributed by atoms with Crippen molar-refractivity contribution in [2.45, 2.75) is 25.4 Å². The van der Waals surface area contributed by atoms with Crippen LogP contribution >= 0.6 is 27.3 Å². The van der Waals surface area contributed by atoms with Crippen molar-refractivity contribution < 1.29 is 19.5 Å². The molecule has 1 rings (SSSR count). The third-order valence-electron chi connectivity index (χ3n) is 2.38. The van der Waals surface area contributed by atoms with Gasteiger partial charge in [-0.2, -0.15) is 0 Å². The van der Waals surface area contributed by atoms with Crippen molar-refractivity contribution in [1.82, 2.24) is 10.6 Å². The summed E-state index contributed by atoms with van der Waals surface area (Å²) in [4.78, 5) is 34.1. The lowest BCUT2D eigenvalue weighted by Gasteiger charge is -2.14. The van der Waals surface area contributed by atoms with Crippen LogP contribution < -0.4 is 16.4 Å². The Hall–Kier alpha value is -1.61. The van der Waals surface area contributed by atoms with Gasteiger partial charge >= 0.3 is 12.0 Å². The molecule has 1 heterocycles. The Morgan fingerprint density at radius 2 is 2.15 bits per heavy atom. The van der Waals surface area contributed by atoms with Crippen molar-refractivity contribution in [2.24, 2.45) is 5.73 Å². The summed E-state index contributed by atoms with van der Waals surface area (Å²) < 4.78 is 0.881. The number of nitrogens with one attached hydrogen (secondary N) is 2. The van der Waals surface area contributed by atoms with Gasteiger partial charge in [0.15, 0.2) is 0 Å². The lowest BCUT2D eigenvalue weighted by atomic mass is 10.1. The van der Waals surface area contributed by atoms with Crippen LogP contribution in [0.4, 0.5) is 4.79 Å². The molecule has 1 atom stereocenters. The second-order valence-corrected chi connectivity index (χ2v) is 5.77. The van der Waals surface area contributed by atoms with Crippen LogP contribution in [0, 0.1) is 0 Å². The van der Waals surface area contributed by atoms with Crippen LogP contribution in [0.3, 0.4) is 0 Å². The predicted molar refractivity (Wildman–Crippen MR) is 77.2 cm³/mol. The number of carbonyl (C=O) groups excluding carboxylic acids is 2. The van der Waals surface area contributed by atoms with E-state index >= 15 is 0 Å². The van der Waals surface area contributed by atoms with E-state index in [1.165, 1.54) is 11.3 Å². The highest BCUT2D eigenvalue weighted by Gasteiger charge is 2.20. The third-order valence-corrected chi connectivity index (χ3v) is 4.31. The Balaban J connectivity index is 2.43. The van der Waals surface area contributed by atoms with Crippen LogP contribution in [-0.4, -0.2) is 29.1 Å². The molecule has 3 amide bonds. The fraction of sp³-hybridized carbons (Fsp3) is 0.364. The zero-order valence-corrected chi connectivity index (χ0v) is 12.8. The lowest BCUT2D eigenvalue weighted by molar-refractivity contribution is -0.139. The van der Waals surface area contributed by atoms with E-state index in [-0.39, 0.29) is 19.4 Å². The van der Waals surface area contributed by atoms with E-state index < -0.39 is 23.9 Å². The normalized spacial score (nSPS) is 11.7. The summed E-state index contributed by atoms with van der Waals surface area (Å²) in [5, 5.41) is 15.6. The Morgan fingerprint density at radius 1 is 1.45 bits per heavy atom. The summed E-state index contributed by atoms with van der Waals surface area (Å²) in [5.41, 5.74) is 4.95. The van der Waals surface area contributed by atoms with Crippen LogP contribution in [0.1, 0.15) is 17.7 Å². The molecule has 110 valence electrons. The van der Waals surface area contributed by atoms with E-state index in [0.29, 0.717) is 0 Å². The van der Waals surface area contributed by atoms with Crippen molar-refractivity contribution >= 4 is 45.2 Å². The van der Waals surface area contributed by atoms with E-state index in [1.807, 2.05) is 11.4 Å². The molecule has 1 aromatic heterocycles. The van der Waals surface area contributed by atoms with Crippen molar-refractivity contribution in [3.05, 3.63) is 20.8 Å². The molecule has 0 bridgehead atoms. The fourth-order valence-electron chi connectivity index (χ4n) is 1.37. The molecule has 0 saturated carbocycles. The summed E-state index contributed by atoms with van der Waals surface area (Å²) in [6, 6.07) is 0.100. The van der Waals surface area contributed by atoms with Gasteiger partial charge < -0.3 is 21.5 Å². The number of amides is 3. The van der Waals surface area contributed by atoms with E-state index in [9.17, 15) is 14.4 Å². The first-order valence-electron chi connectivity index (χ1n) is 5.67. The fourth-order valence-corrected chi connectivity index (χ4v) is 2.80. The number of primary amides is 1. The zero-order valence-electron chi connectivity index (χ0n) is 10.4. The molecule has 0 fully saturated rings. The highest BCUT2D eigenvalue weighted by atomic mass is 79.9. The van der Waals surface area contributed by atoms with Gasteiger partial charge in [0, 0.05) is 15.8 Å². The van der Waals surface area contributed by atoms with Crippen LogP contribution in [0.2, 0.25) is 0 Å². The molecular weight excluding hydrogens is 350 g/mol. The number of carboxylic acid groups (broad SMARTS) is 1. The molecule has 5 N–H and O–H groups in total. The summed E-state index contributed by atoms with van der Waals surface area (Å²) in [6.45, 7) is 0.284. The maximum Gasteiger partial charge on any atom is 0.326 e. The van der Waals surface area contributed by atoms with Gasteiger partial charge in [0.25, 0.3) is 0 Å². The van der Waals surface area contributed by atoms with Gasteiger partial charge in [-0.25, -0.2) is 9.59 Å². The smallest absolute Gasteiger partial charge is 0.326 e. The quantitative estimate of drug-likeness (QED) is 0.577. The van der Waals surface area contributed by atoms with Crippen LogP contribution in [-0.2, 0) is 16.1 Å². The number of halogens is 1. The lowest BCUT2D eigenvalue weighted by Crippen LogP contribution is -2.46. The summed E-state index contributed by atoms with van der Waals surface area (Å²) in [5.74, 6) is -1.82. The molecule has 0 radical (unpaired) electrons. The summed E-state index contributed by atoms with van der Waals surface area (Å²) in [6.07, 6.45) is -0.144. The molecule has 1 aromatic rings. The number of thiophene rings is 1. The van der Waals surface area contributed by atoms with Gasteiger partial charge in [-0.15, -0.1) is 11.3 Å². The number of hydrogen-bond donors (Lipinski definition) is 4. The number of urea groups is 1. The number of carboxylic acids is 1. The molecule has 0 unspecified atom stereocenters. The van der Waals surface area contributed by atoms with E-state index in [0.717, 1.165) is 9.35 Å². The van der Waals surface area contributed by atoms with E-state index in [4.69, 9.17) is 10.8 Å². The van der Waals surface area contributed by atoms with E-state index in [2.05, 4.69) is 26.6 Å². The average Bonchev–Trinajstić information content (AvgIpc) is 2.77. The molecule has 0 aliphatic carbocycles. The number of aliphatic carboxylic acids is 1. The molecule has 9 heteroatoms. The topological polar surface area (TPSA) is 122 Å². The minimum Gasteiger partial charge on any atom is -0.480 e. The summed E-state index contributed by atoms with van der Waals surface area (Å²) >= 11 is 4.79. The Kier molecular flexibility index (Phi) is 6.46. The second-order valence-electron chi connectivity index (χ2n) is 3.91. The van der Waals surface area contributed by atoms with Crippen LogP contribution in [0.25, 0.3) is 0 Å². The predicted octanol–water partition coefficient (Wildman–Crippen LogP) is 1.03.